The molecule has 0 aliphatic carbocycles. The smallest absolute Gasteiger partial charge is 0.124 e. The van der Waals surface area contributed by atoms with Crippen LogP contribution in [0.3, 0.4) is 0 Å². The lowest BCUT2D eigenvalue weighted by Crippen LogP contribution is -2.00. The summed E-state index contributed by atoms with van der Waals surface area (Å²) in [6.07, 6.45) is 0. The van der Waals surface area contributed by atoms with Gasteiger partial charge in [0, 0.05) is 5.56 Å². The van der Waals surface area contributed by atoms with Gasteiger partial charge in [-0.1, -0.05) is 60.7 Å². The Morgan fingerprint density at radius 1 is 0.857 bits per heavy atom. The van der Waals surface area contributed by atoms with E-state index in [2.05, 4.69) is 30.3 Å². The van der Waals surface area contributed by atoms with Gasteiger partial charge < -0.3 is 4.74 Å². The summed E-state index contributed by atoms with van der Waals surface area (Å²) < 4.78 is 5.71. The molecule has 106 valence electrons. The molecule has 1 nitrogen and oxygen atoms in total. The highest BCUT2D eigenvalue weighted by molar-refractivity contribution is 6.23. The summed E-state index contributed by atoms with van der Waals surface area (Å²) in [7, 11) is 0. The third-order valence-electron chi connectivity index (χ3n) is 3.59. The van der Waals surface area contributed by atoms with Gasteiger partial charge in [0.2, 0.25) is 0 Å². The Kier molecular flexibility index (Phi) is 4.12. The highest BCUT2D eigenvalue weighted by Crippen LogP contribution is 2.38. The second-order valence-corrected chi connectivity index (χ2v) is 5.34. The number of hydrogen-bond donors (Lipinski definition) is 0. The molecule has 0 aliphatic rings. The summed E-state index contributed by atoms with van der Waals surface area (Å²) in [6, 6.07) is 22.5. The molecule has 0 saturated heterocycles. The Morgan fingerprint density at radius 3 is 2.38 bits per heavy atom. The molecule has 0 heterocycles. The molecule has 0 radical (unpaired) electrons. The van der Waals surface area contributed by atoms with Crippen LogP contribution in [0.2, 0.25) is 0 Å². The summed E-state index contributed by atoms with van der Waals surface area (Å²) in [5.74, 6) is 0.855. The maximum Gasteiger partial charge on any atom is 0.124 e. The topological polar surface area (TPSA) is 9.23 Å². The average Bonchev–Trinajstić information content (AvgIpc) is 2.54. The normalized spacial score (nSPS) is 12.3. The zero-order chi connectivity index (χ0) is 14.7. The predicted octanol–water partition coefficient (Wildman–Crippen LogP) is 5.57. The van der Waals surface area contributed by atoms with E-state index < -0.39 is 0 Å². The number of fused-ring (bicyclic) bond motifs is 1. The number of halogens is 1. The molecule has 0 fully saturated rings. The van der Waals surface area contributed by atoms with E-state index in [0.29, 0.717) is 6.61 Å². The van der Waals surface area contributed by atoms with E-state index >= 15 is 0 Å². The Labute approximate surface area is 130 Å². The molecule has 0 amide bonds. The van der Waals surface area contributed by atoms with Crippen LogP contribution >= 0.6 is 11.6 Å². The first kappa shape index (κ1) is 14.0. The number of ether oxygens (including phenoxy) is 1. The minimum absolute atomic E-state index is 0.223. The Morgan fingerprint density at radius 2 is 1.52 bits per heavy atom. The molecule has 0 aromatic heterocycles. The number of hydrogen-bond acceptors (Lipinski definition) is 1. The molecule has 3 rings (SSSR count). The van der Waals surface area contributed by atoms with Gasteiger partial charge in [-0.2, -0.15) is 0 Å². The second-order valence-electron chi connectivity index (χ2n) is 4.90. The van der Waals surface area contributed by atoms with Gasteiger partial charge in [0.1, 0.15) is 5.75 Å². The average molecular weight is 297 g/mol. The predicted molar refractivity (Wildman–Crippen MR) is 89.3 cm³/mol. The standard InChI is InChI=1S/C19H17ClO/c1-2-21-18-13-6-5-11-17(18)19(20)16-12-7-9-14-8-3-4-10-15(14)16/h3-13,19H,2H2,1H3. The van der Waals surface area contributed by atoms with Gasteiger partial charge in [-0.05, 0) is 29.3 Å². The van der Waals surface area contributed by atoms with E-state index in [4.69, 9.17) is 16.3 Å². The van der Waals surface area contributed by atoms with Gasteiger partial charge in [-0.15, -0.1) is 11.6 Å². The van der Waals surface area contributed by atoms with Crippen LogP contribution in [0.25, 0.3) is 10.8 Å². The molecule has 3 aromatic carbocycles. The quantitative estimate of drug-likeness (QED) is 0.572. The van der Waals surface area contributed by atoms with Crippen molar-refractivity contribution >= 4 is 22.4 Å². The minimum Gasteiger partial charge on any atom is -0.494 e. The summed E-state index contributed by atoms with van der Waals surface area (Å²) in [5.41, 5.74) is 2.12. The van der Waals surface area contributed by atoms with Crippen LogP contribution in [0, 0.1) is 0 Å². The molecule has 0 N–H and O–H groups in total. The molecular formula is C19H17ClO. The van der Waals surface area contributed by atoms with Gasteiger partial charge in [0.25, 0.3) is 0 Å². The summed E-state index contributed by atoms with van der Waals surface area (Å²) in [4.78, 5) is 0. The van der Waals surface area contributed by atoms with Crippen molar-refractivity contribution in [3.63, 3.8) is 0 Å². The zero-order valence-electron chi connectivity index (χ0n) is 11.9. The van der Waals surface area contributed by atoms with Crippen LogP contribution in [0.5, 0.6) is 5.75 Å². The highest BCUT2D eigenvalue weighted by Gasteiger charge is 2.17. The van der Waals surface area contributed by atoms with Crippen LogP contribution in [-0.2, 0) is 0 Å². The fraction of sp³-hybridized carbons (Fsp3) is 0.158. The molecule has 2 heteroatoms. The van der Waals surface area contributed by atoms with E-state index in [1.807, 2.05) is 43.3 Å². The zero-order valence-corrected chi connectivity index (χ0v) is 12.7. The number of para-hydroxylation sites is 1. The van der Waals surface area contributed by atoms with Crippen LogP contribution in [0.1, 0.15) is 23.4 Å². The van der Waals surface area contributed by atoms with E-state index in [-0.39, 0.29) is 5.38 Å². The lowest BCUT2D eigenvalue weighted by molar-refractivity contribution is 0.337. The maximum atomic E-state index is 6.77. The monoisotopic (exact) mass is 296 g/mol. The maximum absolute atomic E-state index is 6.77. The van der Waals surface area contributed by atoms with E-state index in [1.54, 1.807) is 0 Å². The Bertz CT molecular complexity index is 746. The fourth-order valence-electron chi connectivity index (χ4n) is 2.62. The molecule has 0 aliphatic heterocycles. The van der Waals surface area contributed by atoms with Crippen LogP contribution in [-0.4, -0.2) is 6.61 Å². The van der Waals surface area contributed by atoms with Crippen molar-refractivity contribution in [1.82, 2.24) is 0 Å². The van der Waals surface area contributed by atoms with Crippen LogP contribution in [0.15, 0.2) is 66.7 Å². The van der Waals surface area contributed by atoms with Crippen LogP contribution < -0.4 is 4.74 Å². The third-order valence-corrected chi connectivity index (χ3v) is 4.06. The summed E-state index contributed by atoms with van der Waals surface area (Å²) in [6.45, 7) is 2.62. The molecule has 21 heavy (non-hydrogen) atoms. The number of alkyl halides is 1. The summed E-state index contributed by atoms with van der Waals surface area (Å²) in [5, 5.41) is 2.17. The lowest BCUT2D eigenvalue weighted by Gasteiger charge is -2.17. The van der Waals surface area contributed by atoms with Gasteiger partial charge >= 0.3 is 0 Å². The second kappa shape index (κ2) is 6.19. The van der Waals surface area contributed by atoms with Crippen molar-refractivity contribution in [3.8, 4) is 5.75 Å². The van der Waals surface area contributed by atoms with E-state index in [1.165, 1.54) is 10.8 Å². The molecule has 1 unspecified atom stereocenters. The van der Waals surface area contributed by atoms with Gasteiger partial charge in [-0.25, -0.2) is 0 Å². The van der Waals surface area contributed by atoms with Gasteiger partial charge in [-0.3, -0.25) is 0 Å². The first-order chi connectivity index (χ1) is 10.3. The fourth-order valence-corrected chi connectivity index (χ4v) is 2.99. The van der Waals surface area contributed by atoms with Gasteiger partial charge in [0.05, 0.1) is 12.0 Å². The molecule has 0 saturated carbocycles. The lowest BCUT2D eigenvalue weighted by atomic mass is 9.97. The van der Waals surface area contributed by atoms with Crippen molar-refractivity contribution in [2.45, 2.75) is 12.3 Å². The molecule has 0 spiro atoms. The highest BCUT2D eigenvalue weighted by atomic mass is 35.5. The van der Waals surface area contributed by atoms with Crippen molar-refractivity contribution in [2.75, 3.05) is 6.61 Å². The largest absolute Gasteiger partial charge is 0.494 e. The van der Waals surface area contributed by atoms with Crippen molar-refractivity contribution < 1.29 is 4.74 Å². The number of rotatable bonds is 4. The van der Waals surface area contributed by atoms with Crippen molar-refractivity contribution in [3.05, 3.63) is 77.9 Å². The first-order valence-electron chi connectivity index (χ1n) is 7.14. The summed E-state index contributed by atoms with van der Waals surface area (Å²) >= 11 is 6.77. The van der Waals surface area contributed by atoms with Crippen molar-refractivity contribution in [2.24, 2.45) is 0 Å². The van der Waals surface area contributed by atoms with E-state index in [9.17, 15) is 0 Å². The molecule has 1 atom stereocenters. The first-order valence-corrected chi connectivity index (χ1v) is 7.58. The molecule has 3 aromatic rings. The third kappa shape index (κ3) is 2.74. The van der Waals surface area contributed by atoms with Crippen molar-refractivity contribution in [1.29, 1.82) is 0 Å². The molecule has 0 bridgehead atoms. The number of benzene rings is 3. The molecular weight excluding hydrogens is 280 g/mol. The van der Waals surface area contributed by atoms with E-state index in [0.717, 1.165) is 16.9 Å². The van der Waals surface area contributed by atoms with Crippen LogP contribution in [0.4, 0.5) is 0 Å². The van der Waals surface area contributed by atoms with Gasteiger partial charge in [0.15, 0.2) is 0 Å². The SMILES string of the molecule is CCOc1ccccc1C(Cl)c1cccc2ccccc12. The Balaban J connectivity index is 2.11. The Hall–Kier alpha value is -1.99. The minimum atomic E-state index is -0.223.